The number of amides is 3. The Labute approximate surface area is 293 Å². The van der Waals surface area contributed by atoms with Gasteiger partial charge in [-0.3, -0.25) is 14.4 Å². The van der Waals surface area contributed by atoms with Gasteiger partial charge in [0, 0.05) is 5.69 Å². The molecule has 1 heterocycles. The van der Waals surface area contributed by atoms with Crippen molar-refractivity contribution in [1.82, 2.24) is 5.32 Å². The fraction of sp³-hybridized carbons (Fsp3) is 0.233. The Morgan fingerprint density at radius 1 is 0.800 bits per heavy atom. The number of benzene rings is 5. The van der Waals surface area contributed by atoms with Gasteiger partial charge in [-0.15, -0.1) is 6.58 Å². The number of allylic oxidation sites excluding steroid dienone is 1. The number of nitrogens with one attached hydrogen (secondary N) is 1. The van der Waals surface area contributed by atoms with Crippen LogP contribution < -0.4 is 20.9 Å². The van der Waals surface area contributed by atoms with Crippen LogP contribution in [0.4, 0.5) is 17.1 Å². The van der Waals surface area contributed by atoms with Gasteiger partial charge < -0.3 is 20.9 Å². The summed E-state index contributed by atoms with van der Waals surface area (Å²) in [6.45, 7) is 4.33. The second kappa shape index (κ2) is 14.4. The minimum atomic E-state index is -0.891. The van der Waals surface area contributed by atoms with E-state index < -0.39 is 23.8 Å². The topological polar surface area (TPSA) is 95.7 Å². The molecular formula is C43H42N4O3. The maximum Gasteiger partial charge on any atom is 0.251 e. The lowest BCUT2D eigenvalue weighted by molar-refractivity contribution is -0.135. The molecule has 5 aromatic rings. The molecule has 0 bridgehead atoms. The maximum atomic E-state index is 14.8. The van der Waals surface area contributed by atoms with E-state index >= 15 is 0 Å². The third-order valence-electron chi connectivity index (χ3n) is 10.0. The van der Waals surface area contributed by atoms with E-state index in [0.717, 1.165) is 46.6 Å². The van der Waals surface area contributed by atoms with Crippen LogP contribution in [-0.4, -0.2) is 30.3 Å². The first-order valence-corrected chi connectivity index (χ1v) is 17.4. The quantitative estimate of drug-likeness (QED) is 0.134. The highest BCUT2D eigenvalue weighted by Gasteiger charge is 2.40. The maximum absolute atomic E-state index is 14.8. The predicted molar refractivity (Wildman–Crippen MR) is 201 cm³/mol. The van der Waals surface area contributed by atoms with Crippen LogP contribution in [0.15, 0.2) is 134 Å². The van der Waals surface area contributed by atoms with E-state index in [1.807, 2.05) is 78.9 Å². The number of anilines is 3. The molecule has 0 aromatic heterocycles. The number of fused-ring (bicyclic) bond motifs is 2. The van der Waals surface area contributed by atoms with Gasteiger partial charge in [-0.25, -0.2) is 0 Å². The minimum Gasteiger partial charge on any atom is -0.369 e. The van der Waals surface area contributed by atoms with Gasteiger partial charge in [-0.05, 0) is 82.6 Å². The summed E-state index contributed by atoms with van der Waals surface area (Å²) in [5.74, 6) is -2.02. The Morgan fingerprint density at radius 3 is 2.24 bits per heavy atom. The van der Waals surface area contributed by atoms with Gasteiger partial charge in [-0.2, -0.15) is 0 Å². The van der Waals surface area contributed by atoms with E-state index in [0.29, 0.717) is 25.3 Å². The first-order chi connectivity index (χ1) is 24.4. The molecule has 5 aromatic carbocycles. The SMILES string of the molecule is C=CCC(C(N)=O)C(CC1CC1)C(=O)NC1CN(c2ccccc2)c2ccccc2N(Cc2cccc(-c3ccc4ccccc4c3)c2)C1=O. The van der Waals surface area contributed by atoms with Gasteiger partial charge in [0.15, 0.2) is 0 Å². The first-order valence-electron chi connectivity index (χ1n) is 17.4. The molecular weight excluding hydrogens is 620 g/mol. The highest BCUT2D eigenvalue weighted by molar-refractivity contribution is 6.04. The fourth-order valence-electron chi connectivity index (χ4n) is 7.21. The lowest BCUT2D eigenvalue weighted by atomic mass is 9.84. The van der Waals surface area contributed by atoms with Crippen molar-refractivity contribution >= 4 is 45.6 Å². The minimum absolute atomic E-state index is 0.218. The number of nitrogens with two attached hydrogens (primary N) is 1. The zero-order chi connectivity index (χ0) is 34.6. The molecule has 0 saturated heterocycles. The van der Waals surface area contributed by atoms with Crippen molar-refractivity contribution in [2.45, 2.75) is 38.3 Å². The molecule has 50 heavy (non-hydrogen) atoms. The molecule has 0 radical (unpaired) electrons. The summed E-state index contributed by atoms with van der Waals surface area (Å²) in [6.07, 6.45) is 4.55. The molecule has 3 atom stereocenters. The van der Waals surface area contributed by atoms with Crippen LogP contribution >= 0.6 is 0 Å². The number of para-hydroxylation sites is 3. The summed E-state index contributed by atoms with van der Waals surface area (Å²) in [5, 5.41) is 5.47. The second-order valence-corrected chi connectivity index (χ2v) is 13.5. The van der Waals surface area contributed by atoms with E-state index in [1.165, 1.54) is 10.8 Å². The number of hydrogen-bond acceptors (Lipinski definition) is 4. The molecule has 1 aliphatic heterocycles. The van der Waals surface area contributed by atoms with Crippen molar-refractivity contribution in [1.29, 1.82) is 0 Å². The van der Waals surface area contributed by atoms with Gasteiger partial charge in [0.1, 0.15) is 6.04 Å². The van der Waals surface area contributed by atoms with Gasteiger partial charge in [-0.1, -0.05) is 104 Å². The molecule has 252 valence electrons. The molecule has 7 heteroatoms. The Balaban J connectivity index is 1.25. The van der Waals surface area contributed by atoms with Crippen molar-refractivity contribution in [2.75, 3.05) is 16.3 Å². The molecule has 1 fully saturated rings. The fourth-order valence-corrected chi connectivity index (χ4v) is 7.21. The molecule has 7 nitrogen and oxygen atoms in total. The molecule has 0 spiro atoms. The Morgan fingerprint density at radius 2 is 1.50 bits per heavy atom. The third-order valence-corrected chi connectivity index (χ3v) is 10.0. The summed E-state index contributed by atoms with van der Waals surface area (Å²) < 4.78 is 0. The standard InChI is InChI=1S/C43H42N4O3/c1-2-11-36(41(44)48)37(25-29-20-21-29)42(49)45-38-28-46(35-16-4-3-5-17-35)39-18-8-9-19-40(39)47(43(38)50)27-30-12-10-15-32(24-30)34-23-22-31-13-6-7-14-33(31)26-34/h2-10,12-19,22-24,26,29,36-38H,1,11,20-21,25,27-28H2,(H2,44,48)(H,45,49). The number of nitrogens with zero attached hydrogens (tertiary/aromatic N) is 2. The lowest BCUT2D eigenvalue weighted by Gasteiger charge is -2.29. The lowest BCUT2D eigenvalue weighted by Crippen LogP contribution is -2.54. The summed E-state index contributed by atoms with van der Waals surface area (Å²) in [6, 6.07) is 39.9. The van der Waals surface area contributed by atoms with Crippen molar-refractivity contribution < 1.29 is 14.4 Å². The van der Waals surface area contributed by atoms with Crippen LogP contribution in [0.1, 0.15) is 31.2 Å². The predicted octanol–water partition coefficient (Wildman–Crippen LogP) is 7.77. The monoisotopic (exact) mass is 662 g/mol. The third kappa shape index (κ3) is 7.03. The van der Waals surface area contributed by atoms with Crippen molar-refractivity contribution in [3.05, 3.63) is 140 Å². The van der Waals surface area contributed by atoms with Gasteiger partial charge in [0.25, 0.3) is 5.91 Å². The van der Waals surface area contributed by atoms with Crippen molar-refractivity contribution in [3.63, 3.8) is 0 Å². The molecule has 3 unspecified atom stereocenters. The van der Waals surface area contributed by atoms with Crippen LogP contribution in [0.2, 0.25) is 0 Å². The molecule has 2 aliphatic rings. The Hall–Kier alpha value is -5.69. The Kier molecular flexibility index (Phi) is 9.47. The number of rotatable bonds is 12. The average molecular weight is 663 g/mol. The smallest absolute Gasteiger partial charge is 0.251 e. The summed E-state index contributed by atoms with van der Waals surface area (Å²) in [4.78, 5) is 45.4. The second-order valence-electron chi connectivity index (χ2n) is 13.5. The van der Waals surface area contributed by atoms with Crippen LogP contribution in [0.5, 0.6) is 0 Å². The first kappa shape index (κ1) is 32.8. The van der Waals surface area contributed by atoms with Crippen LogP contribution in [0.3, 0.4) is 0 Å². The van der Waals surface area contributed by atoms with E-state index in [1.54, 1.807) is 11.0 Å². The van der Waals surface area contributed by atoms with Crippen molar-refractivity contribution in [3.8, 4) is 11.1 Å². The molecule has 7 rings (SSSR count). The summed E-state index contributed by atoms with van der Waals surface area (Å²) in [5.41, 5.74) is 11.5. The molecule has 1 aliphatic carbocycles. The van der Waals surface area contributed by atoms with Crippen LogP contribution in [0, 0.1) is 17.8 Å². The zero-order valence-corrected chi connectivity index (χ0v) is 28.1. The largest absolute Gasteiger partial charge is 0.369 e. The van der Waals surface area contributed by atoms with Crippen molar-refractivity contribution in [2.24, 2.45) is 23.5 Å². The normalized spacial score (nSPS) is 17.0. The number of primary amides is 1. The Bertz CT molecular complexity index is 2040. The highest BCUT2D eigenvalue weighted by Crippen LogP contribution is 2.40. The molecule has 1 saturated carbocycles. The highest BCUT2D eigenvalue weighted by atomic mass is 16.2. The average Bonchev–Trinajstić information content (AvgIpc) is 3.98. The zero-order valence-electron chi connectivity index (χ0n) is 28.1. The number of carbonyl (C=O) groups is 3. The van der Waals surface area contributed by atoms with Crippen LogP contribution in [-0.2, 0) is 20.9 Å². The van der Waals surface area contributed by atoms with Gasteiger partial charge in [0.2, 0.25) is 11.8 Å². The summed E-state index contributed by atoms with van der Waals surface area (Å²) >= 11 is 0. The van der Waals surface area contributed by atoms with E-state index in [4.69, 9.17) is 5.73 Å². The van der Waals surface area contributed by atoms with Gasteiger partial charge >= 0.3 is 0 Å². The molecule has 3 N–H and O–H groups in total. The van der Waals surface area contributed by atoms with E-state index in [-0.39, 0.29) is 18.4 Å². The van der Waals surface area contributed by atoms with E-state index in [9.17, 15) is 14.4 Å². The number of carbonyl (C=O) groups excluding carboxylic acids is 3. The van der Waals surface area contributed by atoms with E-state index in [2.05, 4.69) is 59.3 Å². The summed E-state index contributed by atoms with van der Waals surface area (Å²) in [7, 11) is 0. The van der Waals surface area contributed by atoms with Gasteiger partial charge in [0.05, 0.1) is 36.3 Å². The van der Waals surface area contributed by atoms with Crippen LogP contribution in [0.25, 0.3) is 21.9 Å². The number of hydrogen-bond donors (Lipinski definition) is 2. The molecule has 3 amide bonds.